The van der Waals surface area contributed by atoms with E-state index in [1.54, 1.807) is 29.5 Å². The van der Waals surface area contributed by atoms with E-state index in [4.69, 9.17) is 0 Å². The molecule has 0 unspecified atom stereocenters. The van der Waals surface area contributed by atoms with Crippen LogP contribution in [0.1, 0.15) is 5.56 Å². The molecule has 0 aliphatic rings. The lowest BCUT2D eigenvalue weighted by Crippen LogP contribution is -2.22. The number of hydrogen-bond acceptors (Lipinski definition) is 5. The Balaban J connectivity index is 1.66. The summed E-state index contributed by atoms with van der Waals surface area (Å²) in [5.41, 5.74) is 1.69. The molecule has 1 N–H and O–H groups in total. The van der Waals surface area contributed by atoms with Crippen LogP contribution in [0, 0.1) is 12.7 Å². The summed E-state index contributed by atoms with van der Waals surface area (Å²) < 4.78 is 16.5. The number of anilines is 1. The molecule has 0 spiro atoms. The molecule has 0 aliphatic carbocycles. The molecule has 30 heavy (non-hydrogen) atoms. The molecule has 2 aromatic heterocycles. The highest BCUT2D eigenvalue weighted by molar-refractivity contribution is 7.99. The number of allylic oxidation sites excluding steroid dienone is 1. The molecule has 1 amide bonds. The van der Waals surface area contributed by atoms with Crippen LogP contribution >= 0.6 is 11.8 Å². The summed E-state index contributed by atoms with van der Waals surface area (Å²) >= 11 is 1.20. The average Bonchev–Trinajstić information content (AvgIpc) is 3.16. The summed E-state index contributed by atoms with van der Waals surface area (Å²) in [5.74, 6) is -0.148. The molecule has 0 fully saturated rings. The number of fused-ring (bicyclic) bond motifs is 3. The summed E-state index contributed by atoms with van der Waals surface area (Å²) in [5, 5.41) is 12.1. The maximum absolute atomic E-state index is 13.2. The van der Waals surface area contributed by atoms with Crippen molar-refractivity contribution < 1.29 is 9.18 Å². The first-order chi connectivity index (χ1) is 14.5. The van der Waals surface area contributed by atoms with Gasteiger partial charge in [0.05, 0.1) is 16.7 Å². The molecule has 9 heteroatoms. The van der Waals surface area contributed by atoms with E-state index in [1.807, 2.05) is 12.1 Å². The Labute approximate surface area is 175 Å². The molecule has 152 valence electrons. The SMILES string of the molecule is C=CCn1c(=O)c2ccccc2n2c(SCC(=O)Nc3ccc(F)cc3C)nnc12. The predicted molar refractivity (Wildman–Crippen MR) is 115 cm³/mol. The Kier molecular flexibility index (Phi) is 5.37. The van der Waals surface area contributed by atoms with Crippen LogP contribution < -0.4 is 10.9 Å². The van der Waals surface area contributed by atoms with Crippen molar-refractivity contribution in [2.24, 2.45) is 0 Å². The molecule has 2 heterocycles. The Hall–Kier alpha value is -3.46. The van der Waals surface area contributed by atoms with Crippen molar-refractivity contribution in [2.75, 3.05) is 11.1 Å². The molecule has 0 atom stereocenters. The minimum Gasteiger partial charge on any atom is -0.325 e. The Morgan fingerprint density at radius 1 is 1.27 bits per heavy atom. The Morgan fingerprint density at radius 3 is 2.83 bits per heavy atom. The number of halogens is 1. The lowest BCUT2D eigenvalue weighted by molar-refractivity contribution is -0.113. The smallest absolute Gasteiger partial charge is 0.263 e. The second-order valence-corrected chi connectivity index (χ2v) is 7.58. The van der Waals surface area contributed by atoms with Crippen molar-refractivity contribution in [1.82, 2.24) is 19.2 Å². The van der Waals surface area contributed by atoms with E-state index in [-0.39, 0.29) is 23.0 Å². The molecule has 7 nitrogen and oxygen atoms in total. The van der Waals surface area contributed by atoms with Crippen LogP contribution in [0.25, 0.3) is 16.7 Å². The second kappa shape index (κ2) is 8.11. The van der Waals surface area contributed by atoms with Gasteiger partial charge in [-0.2, -0.15) is 0 Å². The van der Waals surface area contributed by atoms with Gasteiger partial charge in [0.25, 0.3) is 5.56 Å². The molecule has 2 aromatic carbocycles. The van der Waals surface area contributed by atoms with E-state index >= 15 is 0 Å². The highest BCUT2D eigenvalue weighted by Crippen LogP contribution is 2.22. The number of nitrogens with one attached hydrogen (secondary N) is 1. The number of carbonyl (C=O) groups excluding carboxylic acids is 1. The number of rotatable bonds is 6. The third-order valence-corrected chi connectivity index (χ3v) is 5.51. The number of amides is 1. The monoisotopic (exact) mass is 423 g/mol. The predicted octanol–water partition coefficient (Wildman–Crippen LogP) is 3.41. The van der Waals surface area contributed by atoms with Gasteiger partial charge in [-0.15, -0.1) is 16.8 Å². The van der Waals surface area contributed by atoms with Crippen LogP contribution in [-0.2, 0) is 11.3 Å². The topological polar surface area (TPSA) is 81.3 Å². The van der Waals surface area contributed by atoms with Gasteiger partial charge in [0.1, 0.15) is 5.82 Å². The van der Waals surface area contributed by atoms with Crippen molar-refractivity contribution in [3.8, 4) is 0 Å². The third-order valence-electron chi connectivity index (χ3n) is 4.58. The number of thioether (sulfide) groups is 1. The largest absolute Gasteiger partial charge is 0.325 e. The lowest BCUT2D eigenvalue weighted by Gasteiger charge is -2.10. The number of para-hydroxylation sites is 1. The van der Waals surface area contributed by atoms with Gasteiger partial charge < -0.3 is 5.32 Å². The Bertz CT molecular complexity index is 1340. The molecule has 4 rings (SSSR count). The van der Waals surface area contributed by atoms with Gasteiger partial charge in [-0.25, -0.2) is 4.39 Å². The first kappa shape index (κ1) is 19.8. The van der Waals surface area contributed by atoms with Crippen molar-refractivity contribution >= 4 is 40.0 Å². The van der Waals surface area contributed by atoms with E-state index in [9.17, 15) is 14.0 Å². The van der Waals surface area contributed by atoms with Crippen LogP contribution in [0.3, 0.4) is 0 Å². The van der Waals surface area contributed by atoms with E-state index < -0.39 is 0 Å². The zero-order valence-electron chi connectivity index (χ0n) is 16.1. The van der Waals surface area contributed by atoms with Gasteiger partial charge in [0, 0.05) is 12.2 Å². The fraction of sp³-hybridized carbons (Fsp3) is 0.143. The number of aromatic nitrogens is 4. The van der Waals surface area contributed by atoms with E-state index in [0.29, 0.717) is 39.6 Å². The maximum Gasteiger partial charge on any atom is 0.263 e. The second-order valence-electron chi connectivity index (χ2n) is 6.64. The van der Waals surface area contributed by atoms with Gasteiger partial charge in [-0.1, -0.05) is 30.0 Å². The average molecular weight is 423 g/mol. The van der Waals surface area contributed by atoms with Gasteiger partial charge >= 0.3 is 0 Å². The summed E-state index contributed by atoms with van der Waals surface area (Å²) in [6.07, 6.45) is 1.62. The Morgan fingerprint density at radius 2 is 2.07 bits per heavy atom. The molecule has 0 aliphatic heterocycles. The van der Waals surface area contributed by atoms with E-state index in [2.05, 4.69) is 22.1 Å². The summed E-state index contributed by atoms with van der Waals surface area (Å²) in [4.78, 5) is 25.2. The number of nitrogens with zero attached hydrogens (tertiary/aromatic N) is 4. The van der Waals surface area contributed by atoms with Gasteiger partial charge in [0.2, 0.25) is 11.7 Å². The van der Waals surface area contributed by atoms with E-state index in [0.717, 1.165) is 0 Å². The summed E-state index contributed by atoms with van der Waals surface area (Å²) in [6.45, 7) is 5.72. The van der Waals surface area contributed by atoms with Crippen molar-refractivity contribution in [3.63, 3.8) is 0 Å². The zero-order chi connectivity index (χ0) is 21.3. The number of benzene rings is 2. The minimum atomic E-state index is -0.354. The van der Waals surface area contributed by atoms with Crippen LogP contribution in [0.15, 0.2) is 65.1 Å². The van der Waals surface area contributed by atoms with Crippen molar-refractivity contribution in [2.45, 2.75) is 18.6 Å². The van der Waals surface area contributed by atoms with Crippen LogP contribution in [-0.4, -0.2) is 30.8 Å². The van der Waals surface area contributed by atoms with Crippen LogP contribution in [0.5, 0.6) is 0 Å². The number of hydrogen-bond donors (Lipinski definition) is 1. The lowest BCUT2D eigenvalue weighted by atomic mass is 10.2. The van der Waals surface area contributed by atoms with Gasteiger partial charge in [-0.05, 0) is 42.8 Å². The minimum absolute atomic E-state index is 0.0759. The van der Waals surface area contributed by atoms with Gasteiger partial charge in [0.15, 0.2) is 5.16 Å². The van der Waals surface area contributed by atoms with Crippen molar-refractivity contribution in [3.05, 3.63) is 76.9 Å². The maximum atomic E-state index is 13.2. The fourth-order valence-electron chi connectivity index (χ4n) is 3.20. The zero-order valence-corrected chi connectivity index (χ0v) is 16.9. The molecule has 4 aromatic rings. The third kappa shape index (κ3) is 3.59. The van der Waals surface area contributed by atoms with Crippen LogP contribution in [0.4, 0.5) is 10.1 Å². The quantitative estimate of drug-likeness (QED) is 0.380. The van der Waals surface area contributed by atoms with Crippen molar-refractivity contribution in [1.29, 1.82) is 0 Å². The fourth-order valence-corrected chi connectivity index (χ4v) is 3.94. The molecule has 0 bridgehead atoms. The highest BCUT2D eigenvalue weighted by Gasteiger charge is 2.17. The van der Waals surface area contributed by atoms with Crippen LogP contribution in [0.2, 0.25) is 0 Å². The standard InChI is InChI=1S/C21H18FN5O2S/c1-3-10-26-19(29)15-6-4-5-7-17(15)27-20(26)24-25-21(27)30-12-18(28)23-16-9-8-14(22)11-13(16)2/h3-9,11H,1,10,12H2,2H3,(H,23,28). The number of aryl methyl sites for hydroxylation is 1. The van der Waals surface area contributed by atoms with E-state index in [1.165, 1.54) is 34.5 Å². The number of carbonyl (C=O) groups is 1. The van der Waals surface area contributed by atoms with Gasteiger partial charge in [-0.3, -0.25) is 18.6 Å². The first-order valence-electron chi connectivity index (χ1n) is 9.16. The first-order valence-corrected chi connectivity index (χ1v) is 10.1. The molecule has 0 saturated carbocycles. The summed E-state index contributed by atoms with van der Waals surface area (Å²) in [6, 6.07) is 11.4. The molecule has 0 saturated heterocycles. The normalized spacial score (nSPS) is 11.1. The highest BCUT2D eigenvalue weighted by atomic mass is 32.2. The molecular weight excluding hydrogens is 405 g/mol. The summed E-state index contributed by atoms with van der Waals surface area (Å²) in [7, 11) is 0. The molecular formula is C21H18FN5O2S. The molecule has 0 radical (unpaired) electrons.